The average molecular weight is 259 g/mol. The van der Waals surface area contributed by atoms with E-state index in [1.54, 1.807) is 0 Å². The van der Waals surface area contributed by atoms with Crippen LogP contribution in [-0.2, 0) is 12.8 Å². The van der Waals surface area contributed by atoms with Crippen molar-refractivity contribution in [3.63, 3.8) is 0 Å². The maximum absolute atomic E-state index is 5.77. The normalized spacial score (nSPS) is 10.7. The molecule has 0 saturated heterocycles. The van der Waals surface area contributed by atoms with Crippen molar-refractivity contribution in [2.45, 2.75) is 39.0 Å². The second-order valence-electron chi connectivity index (χ2n) is 4.82. The topological polar surface area (TPSA) is 26.0 Å². The predicted octanol–water partition coefficient (Wildman–Crippen LogP) is 4.59. The lowest BCUT2D eigenvalue weighted by Crippen LogP contribution is -1.90. The molecule has 0 fully saturated rings. The highest BCUT2D eigenvalue weighted by Crippen LogP contribution is 2.18. The minimum absolute atomic E-state index is 0.876. The lowest BCUT2D eigenvalue weighted by Gasteiger charge is -2.02. The Labute approximate surface area is 114 Å². The highest BCUT2D eigenvalue weighted by molar-refractivity contribution is 7.11. The van der Waals surface area contributed by atoms with Crippen LogP contribution in [0.25, 0.3) is 0 Å². The Morgan fingerprint density at radius 3 is 2.56 bits per heavy atom. The summed E-state index contributed by atoms with van der Waals surface area (Å²) >= 11 is 1.93. The minimum atomic E-state index is 0.876. The molecule has 18 heavy (non-hydrogen) atoms. The fourth-order valence-corrected chi connectivity index (χ4v) is 3.11. The monoisotopic (exact) mass is 259 g/mol. The summed E-state index contributed by atoms with van der Waals surface area (Å²) in [5.41, 5.74) is 8.01. The maximum Gasteiger partial charge on any atom is 0.0316 e. The van der Waals surface area contributed by atoms with Crippen molar-refractivity contribution >= 4 is 17.0 Å². The quantitative estimate of drug-likeness (QED) is 0.595. The van der Waals surface area contributed by atoms with Crippen LogP contribution in [0.4, 0.5) is 5.69 Å². The number of hydrogen-bond donors (Lipinski definition) is 1. The van der Waals surface area contributed by atoms with Crippen molar-refractivity contribution in [1.82, 2.24) is 0 Å². The zero-order valence-electron chi connectivity index (χ0n) is 11.0. The first-order chi connectivity index (χ1) is 8.74. The van der Waals surface area contributed by atoms with Crippen LogP contribution < -0.4 is 5.73 Å². The molecule has 1 nitrogen and oxygen atoms in total. The number of anilines is 1. The maximum atomic E-state index is 5.77. The van der Waals surface area contributed by atoms with Crippen molar-refractivity contribution < 1.29 is 0 Å². The van der Waals surface area contributed by atoms with Gasteiger partial charge in [0.1, 0.15) is 0 Å². The van der Waals surface area contributed by atoms with Gasteiger partial charge in [-0.3, -0.25) is 0 Å². The van der Waals surface area contributed by atoms with E-state index in [9.17, 15) is 0 Å². The smallest absolute Gasteiger partial charge is 0.0316 e. The Morgan fingerprint density at radius 2 is 1.83 bits per heavy atom. The summed E-state index contributed by atoms with van der Waals surface area (Å²) in [4.78, 5) is 2.95. The number of benzene rings is 1. The Balaban J connectivity index is 1.64. The Kier molecular flexibility index (Phi) is 4.82. The standard InChI is InChI=1S/C16H21NS/c1-13-10-11-16(18-13)9-4-2-3-6-14-7-5-8-15(17)12-14/h5,7-8,10-12H,2-4,6,9,17H2,1H3. The third kappa shape index (κ3) is 4.19. The van der Waals surface area contributed by atoms with E-state index in [0.29, 0.717) is 0 Å². The summed E-state index contributed by atoms with van der Waals surface area (Å²) in [6, 6.07) is 12.7. The van der Waals surface area contributed by atoms with Gasteiger partial charge in [-0.05, 0) is 62.4 Å². The first kappa shape index (κ1) is 13.2. The lowest BCUT2D eigenvalue weighted by atomic mass is 10.1. The molecule has 0 radical (unpaired) electrons. The Bertz CT molecular complexity index is 487. The SMILES string of the molecule is Cc1ccc(CCCCCc2cccc(N)c2)s1. The molecule has 0 aliphatic rings. The molecule has 0 aliphatic carbocycles. The van der Waals surface area contributed by atoms with Gasteiger partial charge < -0.3 is 5.73 Å². The second kappa shape index (κ2) is 6.60. The van der Waals surface area contributed by atoms with Crippen LogP contribution in [0.3, 0.4) is 0 Å². The molecule has 0 spiro atoms. The highest BCUT2D eigenvalue weighted by Gasteiger charge is 1.98. The van der Waals surface area contributed by atoms with Crippen molar-refractivity contribution in [3.8, 4) is 0 Å². The molecule has 0 amide bonds. The first-order valence-electron chi connectivity index (χ1n) is 6.64. The van der Waals surface area contributed by atoms with E-state index < -0.39 is 0 Å². The number of aryl methyl sites for hydroxylation is 3. The molecule has 0 saturated carbocycles. The van der Waals surface area contributed by atoms with Gasteiger partial charge in [0.05, 0.1) is 0 Å². The molecule has 1 aromatic carbocycles. The molecule has 2 heteroatoms. The van der Waals surface area contributed by atoms with Crippen molar-refractivity contribution in [2.75, 3.05) is 5.73 Å². The van der Waals surface area contributed by atoms with Gasteiger partial charge in [0.25, 0.3) is 0 Å². The molecule has 0 unspecified atom stereocenters. The van der Waals surface area contributed by atoms with Crippen LogP contribution in [0.5, 0.6) is 0 Å². The fraction of sp³-hybridized carbons (Fsp3) is 0.375. The van der Waals surface area contributed by atoms with Gasteiger partial charge >= 0.3 is 0 Å². The lowest BCUT2D eigenvalue weighted by molar-refractivity contribution is 0.682. The number of nitrogens with two attached hydrogens (primary N) is 1. The van der Waals surface area contributed by atoms with Gasteiger partial charge in [-0.25, -0.2) is 0 Å². The van der Waals surface area contributed by atoms with Crippen molar-refractivity contribution in [1.29, 1.82) is 0 Å². The first-order valence-corrected chi connectivity index (χ1v) is 7.45. The Morgan fingerprint density at radius 1 is 1.00 bits per heavy atom. The molecule has 1 aromatic heterocycles. The highest BCUT2D eigenvalue weighted by atomic mass is 32.1. The van der Waals surface area contributed by atoms with E-state index >= 15 is 0 Å². The van der Waals surface area contributed by atoms with E-state index in [1.807, 2.05) is 23.5 Å². The van der Waals surface area contributed by atoms with Gasteiger partial charge in [0.2, 0.25) is 0 Å². The van der Waals surface area contributed by atoms with Crippen LogP contribution in [-0.4, -0.2) is 0 Å². The molecule has 2 N–H and O–H groups in total. The summed E-state index contributed by atoms with van der Waals surface area (Å²) in [5.74, 6) is 0. The van der Waals surface area contributed by atoms with Gasteiger partial charge in [-0.2, -0.15) is 0 Å². The average Bonchev–Trinajstić information content (AvgIpc) is 2.75. The summed E-state index contributed by atoms with van der Waals surface area (Å²) in [6.07, 6.45) is 6.23. The predicted molar refractivity (Wildman–Crippen MR) is 81.2 cm³/mol. The number of hydrogen-bond acceptors (Lipinski definition) is 2. The van der Waals surface area contributed by atoms with Crippen molar-refractivity contribution in [2.24, 2.45) is 0 Å². The second-order valence-corrected chi connectivity index (χ2v) is 6.19. The number of nitrogen functional groups attached to an aromatic ring is 1. The van der Waals surface area contributed by atoms with E-state index in [1.165, 1.54) is 41.0 Å². The van der Waals surface area contributed by atoms with Crippen LogP contribution in [0.15, 0.2) is 36.4 Å². The molecule has 0 aliphatic heterocycles. The molecule has 2 aromatic rings. The number of thiophene rings is 1. The summed E-state index contributed by atoms with van der Waals surface area (Å²) < 4.78 is 0. The largest absolute Gasteiger partial charge is 0.399 e. The van der Waals surface area contributed by atoms with Gasteiger partial charge in [0.15, 0.2) is 0 Å². The number of unbranched alkanes of at least 4 members (excludes halogenated alkanes) is 2. The van der Waals surface area contributed by atoms with Crippen LogP contribution in [0.1, 0.15) is 34.6 Å². The van der Waals surface area contributed by atoms with Crippen LogP contribution in [0, 0.1) is 6.92 Å². The number of rotatable bonds is 6. The minimum Gasteiger partial charge on any atom is -0.399 e. The van der Waals surface area contributed by atoms with E-state index in [0.717, 1.165) is 12.1 Å². The van der Waals surface area contributed by atoms with Crippen LogP contribution in [0.2, 0.25) is 0 Å². The molecular weight excluding hydrogens is 238 g/mol. The molecular formula is C16H21NS. The molecule has 0 bridgehead atoms. The van der Waals surface area contributed by atoms with E-state index in [2.05, 4.69) is 31.2 Å². The molecule has 0 atom stereocenters. The van der Waals surface area contributed by atoms with Crippen molar-refractivity contribution in [3.05, 3.63) is 51.7 Å². The zero-order chi connectivity index (χ0) is 12.8. The van der Waals surface area contributed by atoms with Gasteiger partial charge in [0, 0.05) is 15.4 Å². The van der Waals surface area contributed by atoms with E-state index in [-0.39, 0.29) is 0 Å². The Hall–Kier alpha value is -1.28. The zero-order valence-corrected chi connectivity index (χ0v) is 11.8. The van der Waals surface area contributed by atoms with Crippen LogP contribution >= 0.6 is 11.3 Å². The summed E-state index contributed by atoms with van der Waals surface area (Å²) in [7, 11) is 0. The summed E-state index contributed by atoms with van der Waals surface area (Å²) in [6.45, 7) is 2.17. The van der Waals surface area contributed by atoms with Gasteiger partial charge in [-0.15, -0.1) is 11.3 Å². The third-order valence-corrected chi connectivity index (χ3v) is 4.20. The fourth-order valence-electron chi connectivity index (χ4n) is 2.17. The van der Waals surface area contributed by atoms with Gasteiger partial charge in [-0.1, -0.05) is 18.6 Å². The van der Waals surface area contributed by atoms with E-state index in [4.69, 9.17) is 5.73 Å². The molecule has 96 valence electrons. The molecule has 2 rings (SSSR count). The third-order valence-electron chi connectivity index (χ3n) is 3.14. The summed E-state index contributed by atoms with van der Waals surface area (Å²) in [5, 5.41) is 0. The molecule has 1 heterocycles.